The van der Waals surface area contributed by atoms with Crippen LogP contribution in [0.4, 0.5) is 5.95 Å². The van der Waals surface area contributed by atoms with Gasteiger partial charge in [0, 0.05) is 5.75 Å². The van der Waals surface area contributed by atoms with Crippen LogP contribution < -0.4 is 11.3 Å². The zero-order valence-corrected chi connectivity index (χ0v) is 18.7. The maximum Gasteiger partial charge on any atom is 0.280 e. The number of hydrogen-bond donors (Lipinski definition) is 4. The summed E-state index contributed by atoms with van der Waals surface area (Å²) in [6.07, 6.45) is 3.98. The summed E-state index contributed by atoms with van der Waals surface area (Å²) in [6, 6.07) is 0. The fourth-order valence-corrected chi connectivity index (χ4v) is 5.33. The molecule has 11 heteroatoms. The zero-order chi connectivity index (χ0) is 21.3. The highest BCUT2D eigenvalue weighted by atomic mass is 32.2. The first-order valence-electron chi connectivity index (χ1n) is 9.72. The van der Waals surface area contributed by atoms with E-state index < -0.39 is 37.0 Å². The maximum absolute atomic E-state index is 12.3. The number of nitrogens with one attached hydrogen (secondary N) is 1. The first kappa shape index (κ1) is 22.4. The minimum atomic E-state index is -1.29. The Morgan fingerprint density at radius 1 is 1.34 bits per heavy atom. The molecule has 2 aromatic rings. The number of anilines is 1. The van der Waals surface area contributed by atoms with Gasteiger partial charge in [-0.3, -0.25) is 14.3 Å². The molecule has 0 amide bonds. The summed E-state index contributed by atoms with van der Waals surface area (Å²) >= 11 is 1.46. The number of unbranched alkanes of at least 4 members (excludes halogenated alkanes) is 1. The minimum Gasteiger partial charge on any atom is -0.388 e. The van der Waals surface area contributed by atoms with Crippen LogP contribution in [0, 0.1) is 0 Å². The highest BCUT2D eigenvalue weighted by Crippen LogP contribution is 2.41. The Bertz CT molecular complexity index is 971. The van der Waals surface area contributed by atoms with Crippen molar-refractivity contribution < 1.29 is 14.9 Å². The van der Waals surface area contributed by atoms with E-state index in [1.54, 1.807) is 4.57 Å². The van der Waals surface area contributed by atoms with Crippen LogP contribution >= 0.6 is 18.6 Å². The number of thioether (sulfide) groups is 1. The van der Waals surface area contributed by atoms with E-state index in [1.165, 1.54) is 11.8 Å². The number of H-pyrrole nitrogens is 1. The molecule has 0 aromatic carbocycles. The normalized spacial score (nSPS) is 25.1. The van der Waals surface area contributed by atoms with Gasteiger partial charge in [0.1, 0.15) is 12.2 Å². The van der Waals surface area contributed by atoms with Crippen LogP contribution in [0.2, 0.25) is 0 Å². The Kier molecular flexibility index (Phi) is 6.80. The molecule has 9 nitrogen and oxygen atoms in total. The van der Waals surface area contributed by atoms with Gasteiger partial charge in [0.2, 0.25) is 5.95 Å². The molecule has 3 heterocycles. The molecule has 0 radical (unpaired) electrons. The summed E-state index contributed by atoms with van der Waals surface area (Å²) < 4.78 is 7.66. The quantitative estimate of drug-likeness (QED) is 0.272. The molecule has 4 atom stereocenters. The SMILES string of the molecule is C=P(C)(C)CC[C@H]1O[C@@H](n2c(SCCCC)nc3c(=O)[nH]c(N)nc32)[C@H](O)[C@@H]1O. The van der Waals surface area contributed by atoms with Gasteiger partial charge in [-0.15, -0.1) is 13.2 Å². The van der Waals surface area contributed by atoms with Crippen LogP contribution in [0.15, 0.2) is 9.95 Å². The van der Waals surface area contributed by atoms with E-state index in [4.69, 9.17) is 10.5 Å². The fourth-order valence-electron chi connectivity index (χ4n) is 3.28. The van der Waals surface area contributed by atoms with Crippen LogP contribution in [0.5, 0.6) is 0 Å². The number of nitrogen functional groups attached to an aromatic ring is 1. The van der Waals surface area contributed by atoms with Crippen molar-refractivity contribution in [2.75, 3.05) is 31.0 Å². The van der Waals surface area contributed by atoms with E-state index in [0.717, 1.165) is 24.8 Å². The van der Waals surface area contributed by atoms with Gasteiger partial charge in [-0.1, -0.05) is 25.1 Å². The second kappa shape index (κ2) is 8.81. The zero-order valence-electron chi connectivity index (χ0n) is 17.0. The van der Waals surface area contributed by atoms with Crippen LogP contribution in [0.1, 0.15) is 32.4 Å². The lowest BCUT2D eigenvalue weighted by atomic mass is 10.1. The maximum atomic E-state index is 12.3. The Hall–Kier alpha value is -1.32. The van der Waals surface area contributed by atoms with Crippen LogP contribution in [-0.2, 0) is 4.74 Å². The minimum absolute atomic E-state index is 0.0399. The molecule has 0 aliphatic carbocycles. The standard InChI is InChI=1S/C18H30N5O4PS/c1-5-6-9-29-18-20-11-14(21-17(19)22-15(11)26)23(18)16-13(25)12(24)10(27-16)7-8-28(2,3)4/h10,12-13,16,24-25H,2,5-9H2,1,3-4H3,(H3,19,21,22,26)/t10-,12-,13-,16-/m1/s1. The lowest BCUT2D eigenvalue weighted by molar-refractivity contribution is -0.0400. The lowest BCUT2D eigenvalue weighted by Crippen LogP contribution is -2.32. The molecule has 29 heavy (non-hydrogen) atoms. The highest BCUT2D eigenvalue weighted by Gasteiger charge is 2.45. The average Bonchev–Trinajstić information content (AvgIpc) is 3.11. The molecule has 1 fully saturated rings. The van der Waals surface area contributed by atoms with E-state index in [9.17, 15) is 15.0 Å². The summed E-state index contributed by atoms with van der Waals surface area (Å²) in [4.78, 5) is 23.4. The van der Waals surface area contributed by atoms with Gasteiger partial charge in [-0.2, -0.15) is 4.98 Å². The number of nitrogens with two attached hydrogens (primary N) is 1. The van der Waals surface area contributed by atoms with Crippen molar-refractivity contribution in [1.29, 1.82) is 0 Å². The molecule has 0 spiro atoms. The molecule has 2 aromatic heterocycles. The number of imidazole rings is 1. The summed E-state index contributed by atoms with van der Waals surface area (Å²) in [5.74, 6) is 0.754. The van der Waals surface area contributed by atoms with Crippen molar-refractivity contribution in [3.8, 4) is 0 Å². The molecule has 1 aliphatic heterocycles. The van der Waals surface area contributed by atoms with Gasteiger partial charge >= 0.3 is 0 Å². The second-order valence-corrected chi connectivity index (χ2v) is 13.5. The largest absolute Gasteiger partial charge is 0.388 e. The summed E-state index contributed by atoms with van der Waals surface area (Å²) in [5.41, 5.74) is 5.67. The van der Waals surface area contributed by atoms with Gasteiger partial charge in [0.25, 0.3) is 5.56 Å². The summed E-state index contributed by atoms with van der Waals surface area (Å²) in [7, 11) is 0. The molecular formula is C18H30N5O4PS. The molecule has 162 valence electrons. The average molecular weight is 444 g/mol. The van der Waals surface area contributed by atoms with E-state index in [0.29, 0.717) is 11.6 Å². The van der Waals surface area contributed by atoms with Gasteiger partial charge in [0.15, 0.2) is 22.5 Å². The van der Waals surface area contributed by atoms with Gasteiger partial charge < -0.3 is 20.7 Å². The molecule has 3 rings (SSSR count). The predicted octanol–water partition coefficient (Wildman–Crippen LogP) is 1.31. The third kappa shape index (κ3) is 4.88. The predicted molar refractivity (Wildman–Crippen MR) is 119 cm³/mol. The van der Waals surface area contributed by atoms with Crippen LogP contribution in [-0.4, -0.2) is 79.6 Å². The highest BCUT2D eigenvalue weighted by molar-refractivity contribution is 7.99. The molecule has 0 saturated carbocycles. The number of aliphatic hydroxyl groups is 2. The molecular weight excluding hydrogens is 413 g/mol. The first-order chi connectivity index (χ1) is 13.6. The third-order valence-corrected chi connectivity index (χ3v) is 7.38. The number of hydrogen-bond acceptors (Lipinski definition) is 8. The Balaban J connectivity index is 1.99. The number of rotatable bonds is 8. The summed E-state index contributed by atoms with van der Waals surface area (Å²) in [6.45, 7) is 5.03. The monoisotopic (exact) mass is 443 g/mol. The second-order valence-electron chi connectivity index (χ2n) is 8.08. The molecule has 0 bridgehead atoms. The van der Waals surface area contributed by atoms with E-state index in [1.807, 2.05) is 0 Å². The Morgan fingerprint density at radius 2 is 2.07 bits per heavy atom. The van der Waals surface area contributed by atoms with Crippen LogP contribution in [0.25, 0.3) is 11.2 Å². The van der Waals surface area contributed by atoms with Crippen LogP contribution in [0.3, 0.4) is 0 Å². The van der Waals surface area contributed by atoms with E-state index in [2.05, 4.69) is 41.5 Å². The van der Waals surface area contributed by atoms with E-state index >= 15 is 0 Å². The lowest BCUT2D eigenvalue weighted by Gasteiger charge is -2.19. The number of aromatic amines is 1. The van der Waals surface area contributed by atoms with Gasteiger partial charge in [0.05, 0.1) is 6.10 Å². The van der Waals surface area contributed by atoms with Crippen molar-refractivity contribution in [1.82, 2.24) is 19.5 Å². The number of nitrogens with zero attached hydrogens (tertiary/aromatic N) is 3. The topological polar surface area (TPSA) is 139 Å². The van der Waals surface area contributed by atoms with Crippen molar-refractivity contribution in [3.05, 3.63) is 10.4 Å². The fraction of sp³-hybridized carbons (Fsp3) is 0.667. The van der Waals surface area contributed by atoms with Crippen molar-refractivity contribution in [3.63, 3.8) is 0 Å². The van der Waals surface area contributed by atoms with Gasteiger partial charge in [-0.25, -0.2) is 4.98 Å². The first-order valence-corrected chi connectivity index (χ1v) is 13.8. The van der Waals surface area contributed by atoms with Crippen molar-refractivity contribution in [2.24, 2.45) is 0 Å². The molecule has 5 N–H and O–H groups in total. The summed E-state index contributed by atoms with van der Waals surface area (Å²) in [5, 5.41) is 21.8. The number of aromatic nitrogens is 4. The van der Waals surface area contributed by atoms with Crippen molar-refractivity contribution >= 4 is 42.1 Å². The Labute approximate surface area is 174 Å². The molecule has 1 saturated heterocycles. The Morgan fingerprint density at radius 3 is 2.72 bits per heavy atom. The number of fused-ring (bicyclic) bond motifs is 1. The molecule has 1 aliphatic rings. The number of aliphatic hydroxyl groups excluding tert-OH is 2. The smallest absolute Gasteiger partial charge is 0.280 e. The van der Waals surface area contributed by atoms with E-state index in [-0.39, 0.29) is 17.1 Å². The molecule has 0 unspecified atom stereocenters. The number of ether oxygens (including phenoxy) is 1. The third-order valence-electron chi connectivity index (χ3n) is 4.88. The van der Waals surface area contributed by atoms with Gasteiger partial charge in [-0.05, 0) is 32.3 Å². The van der Waals surface area contributed by atoms with Crippen molar-refractivity contribution in [2.45, 2.75) is 55.9 Å².